The number of nitrogens with zero attached hydrogens (tertiary/aromatic N) is 3. The standard InChI is InChI=1S/C18H16BrN3O3/c1-2-18(23)21-17(13-4-3-5-15(10-13)22(24)25)11-16(20-21)12-6-8-14(19)9-7-12/h3-10,17H,2,11H2,1H3. The molecule has 0 aliphatic carbocycles. The fraction of sp³-hybridized carbons (Fsp3) is 0.222. The molecule has 0 saturated carbocycles. The molecule has 1 atom stereocenters. The quantitative estimate of drug-likeness (QED) is 0.560. The molecule has 1 aliphatic heterocycles. The number of non-ortho nitro benzene ring substituents is 1. The highest BCUT2D eigenvalue weighted by Crippen LogP contribution is 2.34. The monoisotopic (exact) mass is 401 g/mol. The minimum absolute atomic E-state index is 0.0125. The van der Waals surface area contributed by atoms with Gasteiger partial charge in [-0.2, -0.15) is 5.10 Å². The first-order chi connectivity index (χ1) is 12.0. The maximum Gasteiger partial charge on any atom is 0.269 e. The number of halogens is 1. The summed E-state index contributed by atoms with van der Waals surface area (Å²) in [7, 11) is 0. The van der Waals surface area contributed by atoms with Crippen LogP contribution in [0.1, 0.15) is 36.9 Å². The predicted molar refractivity (Wildman–Crippen MR) is 98.3 cm³/mol. The lowest BCUT2D eigenvalue weighted by molar-refractivity contribution is -0.384. The van der Waals surface area contributed by atoms with E-state index in [0.717, 1.165) is 15.7 Å². The fourth-order valence-corrected chi connectivity index (χ4v) is 3.09. The van der Waals surface area contributed by atoms with Gasteiger partial charge >= 0.3 is 0 Å². The summed E-state index contributed by atoms with van der Waals surface area (Å²) >= 11 is 3.40. The minimum Gasteiger partial charge on any atom is -0.273 e. The molecule has 0 spiro atoms. The number of benzene rings is 2. The second-order valence-electron chi connectivity index (χ2n) is 5.72. The van der Waals surface area contributed by atoms with Crippen LogP contribution in [0.4, 0.5) is 5.69 Å². The zero-order valence-electron chi connectivity index (χ0n) is 13.6. The van der Waals surface area contributed by atoms with Gasteiger partial charge in [0.25, 0.3) is 5.69 Å². The maximum atomic E-state index is 12.3. The van der Waals surface area contributed by atoms with Crippen molar-refractivity contribution in [1.29, 1.82) is 0 Å². The van der Waals surface area contributed by atoms with E-state index in [9.17, 15) is 14.9 Å². The minimum atomic E-state index is -0.430. The lowest BCUT2D eigenvalue weighted by atomic mass is 9.98. The Labute approximate surface area is 153 Å². The van der Waals surface area contributed by atoms with Crippen molar-refractivity contribution in [2.24, 2.45) is 5.10 Å². The molecule has 0 N–H and O–H groups in total. The van der Waals surface area contributed by atoms with Gasteiger partial charge in [-0.15, -0.1) is 0 Å². The van der Waals surface area contributed by atoms with Crippen LogP contribution in [0.25, 0.3) is 0 Å². The number of rotatable bonds is 4. The van der Waals surface area contributed by atoms with Gasteiger partial charge in [-0.05, 0) is 23.3 Å². The van der Waals surface area contributed by atoms with Gasteiger partial charge in [0.05, 0.1) is 16.7 Å². The van der Waals surface area contributed by atoms with Gasteiger partial charge in [0.15, 0.2) is 0 Å². The Morgan fingerprint density at radius 2 is 2.04 bits per heavy atom. The first kappa shape index (κ1) is 17.3. The van der Waals surface area contributed by atoms with E-state index in [1.54, 1.807) is 19.1 Å². The molecule has 1 amide bonds. The number of nitro groups is 1. The van der Waals surface area contributed by atoms with Gasteiger partial charge in [-0.25, -0.2) is 5.01 Å². The summed E-state index contributed by atoms with van der Waals surface area (Å²) in [5.41, 5.74) is 2.46. The summed E-state index contributed by atoms with van der Waals surface area (Å²) < 4.78 is 0.964. The topological polar surface area (TPSA) is 75.8 Å². The van der Waals surface area contributed by atoms with Crippen LogP contribution in [-0.4, -0.2) is 21.6 Å². The van der Waals surface area contributed by atoms with E-state index in [4.69, 9.17) is 0 Å². The molecule has 7 heteroatoms. The van der Waals surface area contributed by atoms with Gasteiger partial charge in [-0.1, -0.05) is 47.1 Å². The molecule has 2 aromatic carbocycles. The first-order valence-electron chi connectivity index (χ1n) is 7.89. The Hall–Kier alpha value is -2.54. The molecule has 6 nitrogen and oxygen atoms in total. The van der Waals surface area contributed by atoms with Gasteiger partial charge in [0.2, 0.25) is 5.91 Å². The van der Waals surface area contributed by atoms with Crippen molar-refractivity contribution in [2.45, 2.75) is 25.8 Å². The van der Waals surface area contributed by atoms with Crippen molar-refractivity contribution in [1.82, 2.24) is 5.01 Å². The number of carbonyl (C=O) groups excluding carboxylic acids is 1. The number of carbonyl (C=O) groups is 1. The predicted octanol–water partition coefficient (Wildman–Crippen LogP) is 4.45. The normalized spacial score (nSPS) is 16.6. The van der Waals surface area contributed by atoms with E-state index in [-0.39, 0.29) is 17.6 Å². The number of amides is 1. The third-order valence-electron chi connectivity index (χ3n) is 4.11. The summed E-state index contributed by atoms with van der Waals surface area (Å²) in [6.45, 7) is 1.78. The van der Waals surface area contributed by atoms with Gasteiger partial charge in [0.1, 0.15) is 0 Å². The summed E-state index contributed by atoms with van der Waals surface area (Å²) in [4.78, 5) is 22.9. The van der Waals surface area contributed by atoms with Crippen LogP contribution in [0.2, 0.25) is 0 Å². The SMILES string of the molecule is CCC(=O)N1N=C(c2ccc(Br)cc2)CC1c1cccc([N+](=O)[O-])c1. The fourth-order valence-electron chi connectivity index (χ4n) is 2.82. The van der Waals surface area contributed by atoms with Gasteiger partial charge in [-0.3, -0.25) is 14.9 Å². The Bertz CT molecular complexity index is 849. The third kappa shape index (κ3) is 3.61. The zero-order chi connectivity index (χ0) is 18.0. The second kappa shape index (κ2) is 7.14. The Morgan fingerprint density at radius 1 is 1.32 bits per heavy atom. The summed E-state index contributed by atoms with van der Waals surface area (Å²) in [6.07, 6.45) is 0.844. The first-order valence-corrected chi connectivity index (χ1v) is 8.68. The van der Waals surface area contributed by atoms with E-state index in [0.29, 0.717) is 18.4 Å². The number of nitro benzene ring substituents is 1. The van der Waals surface area contributed by atoms with Crippen molar-refractivity contribution in [2.75, 3.05) is 0 Å². The van der Waals surface area contributed by atoms with E-state index in [1.165, 1.54) is 17.1 Å². The van der Waals surface area contributed by atoms with Crippen molar-refractivity contribution >= 4 is 33.2 Å². The van der Waals surface area contributed by atoms with E-state index < -0.39 is 4.92 Å². The Kier molecular flexibility index (Phi) is 4.94. The lowest BCUT2D eigenvalue weighted by Gasteiger charge is -2.21. The zero-order valence-corrected chi connectivity index (χ0v) is 15.1. The van der Waals surface area contributed by atoms with Crippen molar-refractivity contribution in [3.05, 3.63) is 74.2 Å². The lowest BCUT2D eigenvalue weighted by Crippen LogP contribution is -2.26. The molecule has 1 heterocycles. The molecule has 25 heavy (non-hydrogen) atoms. The molecule has 0 radical (unpaired) electrons. The van der Waals surface area contributed by atoms with Crippen LogP contribution in [-0.2, 0) is 4.79 Å². The Balaban J connectivity index is 1.96. The van der Waals surface area contributed by atoms with Crippen LogP contribution in [0.5, 0.6) is 0 Å². The van der Waals surface area contributed by atoms with Crippen LogP contribution in [0, 0.1) is 10.1 Å². The molecule has 1 unspecified atom stereocenters. The Morgan fingerprint density at radius 3 is 2.68 bits per heavy atom. The number of hydrogen-bond donors (Lipinski definition) is 0. The average Bonchev–Trinajstić information content (AvgIpc) is 3.07. The highest BCUT2D eigenvalue weighted by Gasteiger charge is 2.32. The molecule has 0 bridgehead atoms. The van der Waals surface area contributed by atoms with Crippen LogP contribution < -0.4 is 0 Å². The average molecular weight is 402 g/mol. The molecule has 0 saturated heterocycles. The molecule has 0 aromatic heterocycles. The van der Waals surface area contributed by atoms with Crippen molar-refractivity contribution in [3.8, 4) is 0 Å². The number of hydrogen-bond acceptors (Lipinski definition) is 4. The second-order valence-corrected chi connectivity index (χ2v) is 6.63. The highest BCUT2D eigenvalue weighted by atomic mass is 79.9. The molecule has 128 valence electrons. The maximum absolute atomic E-state index is 12.3. The van der Waals surface area contributed by atoms with Crippen molar-refractivity contribution in [3.63, 3.8) is 0 Å². The van der Waals surface area contributed by atoms with E-state index in [1.807, 2.05) is 24.3 Å². The van der Waals surface area contributed by atoms with Crippen molar-refractivity contribution < 1.29 is 9.72 Å². The third-order valence-corrected chi connectivity index (χ3v) is 4.64. The van der Waals surface area contributed by atoms with Gasteiger partial charge in [0, 0.05) is 29.4 Å². The molecule has 1 aliphatic rings. The smallest absolute Gasteiger partial charge is 0.269 e. The number of hydrazone groups is 1. The van der Waals surface area contributed by atoms with Gasteiger partial charge < -0.3 is 0 Å². The summed E-state index contributed by atoms with van der Waals surface area (Å²) in [5.74, 6) is -0.108. The summed E-state index contributed by atoms with van der Waals surface area (Å²) in [5, 5.41) is 17.0. The van der Waals surface area contributed by atoms with E-state index in [2.05, 4.69) is 21.0 Å². The van der Waals surface area contributed by atoms with Crippen LogP contribution >= 0.6 is 15.9 Å². The molecule has 3 rings (SSSR count). The molecule has 0 fully saturated rings. The molecular formula is C18H16BrN3O3. The largest absolute Gasteiger partial charge is 0.273 e. The van der Waals surface area contributed by atoms with Crippen LogP contribution in [0.3, 0.4) is 0 Å². The highest BCUT2D eigenvalue weighted by molar-refractivity contribution is 9.10. The molecule has 2 aromatic rings. The molecular weight excluding hydrogens is 386 g/mol. The summed E-state index contributed by atoms with van der Waals surface area (Å²) in [6, 6.07) is 13.8. The van der Waals surface area contributed by atoms with Crippen LogP contribution in [0.15, 0.2) is 58.1 Å². The van der Waals surface area contributed by atoms with E-state index >= 15 is 0 Å².